The number of pyridine rings is 1. The van der Waals surface area contributed by atoms with Crippen molar-refractivity contribution in [2.45, 2.75) is 0 Å². The Balaban J connectivity index is 2.26. The largest absolute Gasteiger partial charge is 0.375 e. The molecule has 0 saturated heterocycles. The molecule has 1 heterocycles. The summed E-state index contributed by atoms with van der Waals surface area (Å²) in [7, 11) is 0. The van der Waals surface area contributed by atoms with Crippen LogP contribution in [0.3, 0.4) is 0 Å². The summed E-state index contributed by atoms with van der Waals surface area (Å²) in [5.74, 6) is 0. The zero-order valence-corrected chi connectivity index (χ0v) is 9.24. The van der Waals surface area contributed by atoms with Crippen LogP contribution in [0.4, 0.5) is 0 Å². The average Bonchev–Trinajstić information content (AvgIpc) is 2.28. The molecule has 1 aromatic heterocycles. The Morgan fingerprint density at radius 2 is 2.31 bits per heavy atom. The molecule has 0 radical (unpaired) electrons. The molecule has 0 unspecified atom stereocenters. The van der Waals surface area contributed by atoms with Crippen LogP contribution >= 0.6 is 12.2 Å². The summed E-state index contributed by atoms with van der Waals surface area (Å²) in [6, 6.07) is 9.77. The number of nitrogens with one attached hydrogen (secondary N) is 1. The fraction of sp³-hybridized carbons (Fsp3) is 0. The van der Waals surface area contributed by atoms with E-state index in [0.29, 0.717) is 0 Å². The van der Waals surface area contributed by atoms with Gasteiger partial charge in [-0.3, -0.25) is 10.4 Å². The third-order valence-corrected chi connectivity index (χ3v) is 2.11. The Kier molecular flexibility index (Phi) is 3.07. The molecule has 0 saturated carbocycles. The van der Waals surface area contributed by atoms with Gasteiger partial charge >= 0.3 is 0 Å². The number of hydrogen-bond acceptors (Lipinski definition) is 3. The second-order valence-corrected chi connectivity index (χ2v) is 3.63. The zero-order chi connectivity index (χ0) is 11.4. The molecule has 0 aliphatic rings. The van der Waals surface area contributed by atoms with Crippen LogP contribution in [0, 0.1) is 0 Å². The van der Waals surface area contributed by atoms with E-state index in [1.54, 1.807) is 12.4 Å². The van der Waals surface area contributed by atoms with Crippen molar-refractivity contribution in [3.05, 3.63) is 42.1 Å². The van der Waals surface area contributed by atoms with Gasteiger partial charge < -0.3 is 5.73 Å². The quantitative estimate of drug-likeness (QED) is 0.465. The number of benzene rings is 1. The number of nitrogens with two attached hydrogens (primary N) is 1. The third-order valence-electron chi connectivity index (χ3n) is 2.02. The predicted molar refractivity (Wildman–Crippen MR) is 69.3 cm³/mol. The van der Waals surface area contributed by atoms with Crippen LogP contribution in [0.15, 0.2) is 41.6 Å². The van der Waals surface area contributed by atoms with E-state index in [2.05, 4.69) is 27.7 Å². The summed E-state index contributed by atoms with van der Waals surface area (Å²) >= 11 is 4.63. The molecule has 5 heteroatoms. The molecule has 0 bridgehead atoms. The molecule has 16 heavy (non-hydrogen) atoms. The van der Waals surface area contributed by atoms with E-state index in [9.17, 15) is 0 Å². The second-order valence-electron chi connectivity index (χ2n) is 3.19. The molecule has 0 amide bonds. The highest BCUT2D eigenvalue weighted by molar-refractivity contribution is 7.80. The van der Waals surface area contributed by atoms with Crippen molar-refractivity contribution in [1.82, 2.24) is 10.4 Å². The average molecular weight is 230 g/mol. The summed E-state index contributed by atoms with van der Waals surface area (Å²) < 4.78 is 0. The number of nitrogens with zero attached hydrogens (tertiary/aromatic N) is 2. The monoisotopic (exact) mass is 230 g/mol. The van der Waals surface area contributed by atoms with Crippen LogP contribution < -0.4 is 11.2 Å². The Morgan fingerprint density at radius 1 is 1.44 bits per heavy atom. The van der Waals surface area contributed by atoms with Gasteiger partial charge in [0.15, 0.2) is 5.11 Å². The van der Waals surface area contributed by atoms with Crippen molar-refractivity contribution >= 4 is 34.4 Å². The minimum Gasteiger partial charge on any atom is -0.375 e. The van der Waals surface area contributed by atoms with Gasteiger partial charge in [-0.25, -0.2) is 0 Å². The Bertz CT molecular complexity index is 550. The molecule has 1 aromatic carbocycles. The summed E-state index contributed by atoms with van der Waals surface area (Å²) in [6.07, 6.45) is 3.43. The van der Waals surface area contributed by atoms with Crippen LogP contribution in [0.5, 0.6) is 0 Å². The summed E-state index contributed by atoms with van der Waals surface area (Å²) in [5.41, 5.74) is 9.67. The van der Waals surface area contributed by atoms with E-state index in [-0.39, 0.29) is 5.11 Å². The molecular formula is C11H10N4S. The first-order valence-electron chi connectivity index (χ1n) is 4.69. The fourth-order valence-corrected chi connectivity index (χ4v) is 1.40. The van der Waals surface area contributed by atoms with Gasteiger partial charge in [0.05, 0.1) is 11.7 Å². The van der Waals surface area contributed by atoms with Gasteiger partial charge in [0.2, 0.25) is 0 Å². The van der Waals surface area contributed by atoms with Crippen LogP contribution in [0.25, 0.3) is 10.9 Å². The molecule has 0 spiro atoms. The first kappa shape index (κ1) is 10.5. The lowest BCUT2D eigenvalue weighted by atomic mass is 10.1. The number of thiocarbonyl (C=S) groups is 1. The highest BCUT2D eigenvalue weighted by Gasteiger charge is 1.94. The van der Waals surface area contributed by atoms with Crippen LogP contribution in [0.1, 0.15) is 5.56 Å². The standard InChI is InChI=1S/C11H10N4S/c12-11(16)15-14-7-8-3-4-10-9(6-8)2-1-5-13-10/h1-7H,(H3,12,15,16)/b14-7+. The van der Waals surface area contributed by atoms with Gasteiger partial charge in [-0.1, -0.05) is 12.1 Å². The molecule has 0 fully saturated rings. The first-order chi connectivity index (χ1) is 7.75. The van der Waals surface area contributed by atoms with E-state index in [1.165, 1.54) is 0 Å². The predicted octanol–water partition coefficient (Wildman–Crippen LogP) is 1.40. The van der Waals surface area contributed by atoms with Crippen molar-refractivity contribution < 1.29 is 0 Å². The van der Waals surface area contributed by atoms with Crippen LogP contribution in [0.2, 0.25) is 0 Å². The minimum absolute atomic E-state index is 0.152. The third kappa shape index (κ3) is 2.52. The van der Waals surface area contributed by atoms with Crippen molar-refractivity contribution in [2.75, 3.05) is 0 Å². The highest BCUT2D eigenvalue weighted by atomic mass is 32.1. The first-order valence-corrected chi connectivity index (χ1v) is 5.10. The van der Waals surface area contributed by atoms with Crippen LogP contribution in [-0.4, -0.2) is 16.3 Å². The maximum absolute atomic E-state index is 5.24. The van der Waals surface area contributed by atoms with Gasteiger partial charge in [0.1, 0.15) is 0 Å². The van der Waals surface area contributed by atoms with E-state index < -0.39 is 0 Å². The van der Waals surface area contributed by atoms with Crippen molar-refractivity contribution in [3.8, 4) is 0 Å². The fourth-order valence-electron chi connectivity index (χ4n) is 1.34. The van der Waals surface area contributed by atoms with Gasteiger partial charge in [-0.15, -0.1) is 0 Å². The Labute approximate surface area is 98.2 Å². The number of aromatic nitrogens is 1. The van der Waals surface area contributed by atoms with Gasteiger partial charge in [0.25, 0.3) is 0 Å². The normalized spacial score (nSPS) is 10.8. The molecule has 0 atom stereocenters. The SMILES string of the molecule is NC(=S)N/N=C/c1ccc2ncccc2c1. The van der Waals surface area contributed by atoms with E-state index in [4.69, 9.17) is 5.73 Å². The van der Waals surface area contributed by atoms with Crippen LogP contribution in [-0.2, 0) is 0 Å². The molecule has 4 nitrogen and oxygen atoms in total. The van der Waals surface area contributed by atoms with Crippen molar-refractivity contribution in [3.63, 3.8) is 0 Å². The molecule has 0 aliphatic carbocycles. The lowest BCUT2D eigenvalue weighted by molar-refractivity contribution is 1.04. The number of rotatable bonds is 2. The molecule has 3 N–H and O–H groups in total. The maximum atomic E-state index is 5.24. The number of fused-ring (bicyclic) bond motifs is 1. The summed E-state index contributed by atoms with van der Waals surface area (Å²) in [5, 5.41) is 5.11. The lowest BCUT2D eigenvalue weighted by Crippen LogP contribution is -2.23. The summed E-state index contributed by atoms with van der Waals surface area (Å²) in [6.45, 7) is 0. The smallest absolute Gasteiger partial charge is 0.184 e. The zero-order valence-electron chi connectivity index (χ0n) is 8.42. The maximum Gasteiger partial charge on any atom is 0.184 e. The molecule has 0 aliphatic heterocycles. The second kappa shape index (κ2) is 4.67. The highest BCUT2D eigenvalue weighted by Crippen LogP contribution is 2.11. The molecule has 2 rings (SSSR count). The van der Waals surface area contributed by atoms with Gasteiger partial charge in [0, 0.05) is 11.6 Å². The minimum atomic E-state index is 0.152. The number of hydrogen-bond donors (Lipinski definition) is 2. The molecular weight excluding hydrogens is 220 g/mol. The van der Waals surface area contributed by atoms with Gasteiger partial charge in [-0.2, -0.15) is 5.10 Å². The van der Waals surface area contributed by atoms with Gasteiger partial charge in [-0.05, 0) is 36.0 Å². The molecule has 80 valence electrons. The van der Waals surface area contributed by atoms with Crippen molar-refractivity contribution in [1.29, 1.82) is 0 Å². The van der Waals surface area contributed by atoms with E-state index >= 15 is 0 Å². The Hall–Kier alpha value is -2.01. The number of hydrazone groups is 1. The lowest BCUT2D eigenvalue weighted by Gasteiger charge is -1.98. The Morgan fingerprint density at radius 3 is 3.12 bits per heavy atom. The molecule has 2 aromatic rings. The van der Waals surface area contributed by atoms with Crippen molar-refractivity contribution in [2.24, 2.45) is 10.8 Å². The summed E-state index contributed by atoms with van der Waals surface area (Å²) in [4.78, 5) is 4.23. The van der Waals surface area contributed by atoms with E-state index in [0.717, 1.165) is 16.5 Å². The topological polar surface area (TPSA) is 63.3 Å². The van der Waals surface area contributed by atoms with E-state index in [1.807, 2.05) is 30.3 Å².